The molecular formula is C29H28ClNO9S. The number of aliphatic hydroxyl groups is 3. The van der Waals surface area contributed by atoms with Gasteiger partial charge in [0, 0.05) is 17.6 Å². The van der Waals surface area contributed by atoms with Crippen molar-refractivity contribution in [2.75, 3.05) is 20.8 Å². The van der Waals surface area contributed by atoms with Crippen LogP contribution in [0.3, 0.4) is 0 Å². The molecule has 0 radical (unpaired) electrons. The number of methoxy groups -OCH3 is 2. The highest BCUT2D eigenvalue weighted by Crippen LogP contribution is 2.36. The van der Waals surface area contributed by atoms with Crippen molar-refractivity contribution in [3.8, 4) is 22.1 Å². The molecule has 12 heteroatoms. The summed E-state index contributed by atoms with van der Waals surface area (Å²) in [7, 11) is 2.93. The number of rotatable bonds is 9. The van der Waals surface area contributed by atoms with Crippen LogP contribution in [-0.4, -0.2) is 71.5 Å². The number of carbonyl (C=O) groups excluding carboxylic acids is 1. The number of aromatic nitrogens is 1. The molecule has 0 bridgehead atoms. The average molecular weight is 602 g/mol. The van der Waals surface area contributed by atoms with Crippen LogP contribution >= 0.6 is 22.9 Å². The molecule has 0 spiro atoms. The summed E-state index contributed by atoms with van der Waals surface area (Å²) in [4.78, 5) is 18.0. The lowest BCUT2D eigenvalue weighted by atomic mass is 9.90. The second kappa shape index (κ2) is 12.6. The van der Waals surface area contributed by atoms with Crippen LogP contribution in [0.25, 0.3) is 10.6 Å². The van der Waals surface area contributed by atoms with Gasteiger partial charge in [-0.05, 0) is 47.5 Å². The van der Waals surface area contributed by atoms with Crippen LogP contribution in [0.1, 0.15) is 32.6 Å². The SMILES string of the molecule is COc1ccc(C(=O)OC[C@H]2O[C@@H](c3ccc(Cl)c(Cc4ncc(-c5ccco5)s4)c3)[C@H](O)[C@H](O)[C@H]2O)cc1OC. The van der Waals surface area contributed by atoms with Gasteiger partial charge in [-0.1, -0.05) is 23.7 Å². The second-order valence-electron chi connectivity index (χ2n) is 9.36. The second-order valence-corrected chi connectivity index (χ2v) is 10.9. The van der Waals surface area contributed by atoms with E-state index in [0.717, 1.165) is 21.2 Å². The molecule has 0 saturated carbocycles. The van der Waals surface area contributed by atoms with E-state index in [1.807, 2.05) is 6.07 Å². The Morgan fingerprint density at radius 1 is 1.02 bits per heavy atom. The summed E-state index contributed by atoms with van der Waals surface area (Å²) < 4.78 is 27.2. The van der Waals surface area contributed by atoms with Gasteiger partial charge in [-0.15, -0.1) is 11.3 Å². The number of nitrogens with zero attached hydrogens (tertiary/aromatic N) is 1. The first-order chi connectivity index (χ1) is 19.8. The van der Waals surface area contributed by atoms with Gasteiger partial charge in [0.05, 0.1) is 35.9 Å². The predicted molar refractivity (Wildman–Crippen MR) is 150 cm³/mol. The molecule has 10 nitrogen and oxygen atoms in total. The number of benzene rings is 2. The van der Waals surface area contributed by atoms with Gasteiger partial charge in [0.25, 0.3) is 0 Å². The largest absolute Gasteiger partial charge is 0.493 e. The third-order valence-corrected chi connectivity index (χ3v) is 8.15. The summed E-state index contributed by atoms with van der Waals surface area (Å²) in [5, 5.41) is 33.3. The molecule has 4 aromatic rings. The standard InChI is InChI=1S/C29H28ClNO9S/c1-36-19-8-6-16(11-21(19)37-2)29(35)39-14-22-25(32)26(33)27(34)28(40-22)15-5-7-18(30)17(10-15)12-24-31-13-23(41-24)20-4-3-9-38-20/h3-11,13,22,25-28,32-34H,12,14H2,1-2H3/t22-,25+,26-,27-,28+/m1/s1. The van der Waals surface area contributed by atoms with Gasteiger partial charge < -0.3 is 38.7 Å². The number of furan rings is 1. The van der Waals surface area contributed by atoms with Crippen molar-refractivity contribution >= 4 is 28.9 Å². The summed E-state index contributed by atoms with van der Waals surface area (Å²) >= 11 is 7.95. The lowest BCUT2D eigenvalue weighted by Gasteiger charge is -2.40. The topological polar surface area (TPSA) is 141 Å². The van der Waals surface area contributed by atoms with Crippen molar-refractivity contribution < 1.29 is 43.5 Å². The van der Waals surface area contributed by atoms with Crippen LogP contribution < -0.4 is 9.47 Å². The molecular weight excluding hydrogens is 574 g/mol. The molecule has 2 aromatic heterocycles. The molecule has 2 aromatic carbocycles. The maximum Gasteiger partial charge on any atom is 0.338 e. The van der Waals surface area contributed by atoms with Crippen LogP contribution in [-0.2, 0) is 15.9 Å². The molecule has 1 fully saturated rings. The predicted octanol–water partition coefficient (Wildman–Crippen LogP) is 4.04. The first-order valence-electron chi connectivity index (χ1n) is 12.6. The maximum absolute atomic E-state index is 12.7. The zero-order valence-corrected chi connectivity index (χ0v) is 23.7. The van der Waals surface area contributed by atoms with Gasteiger partial charge in [-0.2, -0.15) is 0 Å². The van der Waals surface area contributed by atoms with Gasteiger partial charge in [0.2, 0.25) is 0 Å². The van der Waals surface area contributed by atoms with Gasteiger partial charge in [0.15, 0.2) is 11.5 Å². The molecule has 0 unspecified atom stereocenters. The number of carbonyl (C=O) groups is 1. The molecule has 3 N–H and O–H groups in total. The zero-order valence-electron chi connectivity index (χ0n) is 22.1. The Morgan fingerprint density at radius 2 is 1.83 bits per heavy atom. The van der Waals surface area contributed by atoms with E-state index in [1.165, 1.54) is 37.7 Å². The summed E-state index contributed by atoms with van der Waals surface area (Å²) in [6.07, 6.45) is -2.88. The molecule has 216 valence electrons. The third kappa shape index (κ3) is 6.25. The number of hydrogen-bond acceptors (Lipinski definition) is 11. The Labute approximate surface area is 244 Å². The van der Waals surface area contributed by atoms with Gasteiger partial charge in [-0.25, -0.2) is 9.78 Å². The van der Waals surface area contributed by atoms with E-state index in [9.17, 15) is 20.1 Å². The zero-order chi connectivity index (χ0) is 29.1. The Morgan fingerprint density at radius 3 is 2.56 bits per heavy atom. The minimum atomic E-state index is -1.55. The Bertz CT molecular complexity index is 1490. The van der Waals surface area contributed by atoms with Gasteiger partial charge in [0.1, 0.15) is 42.9 Å². The van der Waals surface area contributed by atoms with Crippen molar-refractivity contribution in [3.63, 3.8) is 0 Å². The van der Waals surface area contributed by atoms with E-state index < -0.39 is 36.5 Å². The third-order valence-electron chi connectivity index (χ3n) is 6.77. The molecule has 3 heterocycles. The maximum atomic E-state index is 12.7. The van der Waals surface area contributed by atoms with Crippen molar-refractivity contribution in [1.82, 2.24) is 4.98 Å². The number of halogens is 1. The first-order valence-corrected chi connectivity index (χ1v) is 13.8. The molecule has 1 aliphatic rings. The van der Waals surface area contributed by atoms with Gasteiger partial charge >= 0.3 is 5.97 Å². The first kappa shape index (κ1) is 29.1. The Hall–Kier alpha value is -3.45. The quantitative estimate of drug-likeness (QED) is 0.241. The number of esters is 1. The van der Waals surface area contributed by atoms with E-state index in [0.29, 0.717) is 28.5 Å². The molecule has 41 heavy (non-hydrogen) atoms. The van der Waals surface area contributed by atoms with Gasteiger partial charge in [-0.3, -0.25) is 0 Å². The summed E-state index contributed by atoms with van der Waals surface area (Å²) in [6.45, 7) is -0.371. The number of thiazole rings is 1. The van der Waals surface area contributed by atoms with Crippen LogP contribution in [0.4, 0.5) is 0 Å². The van der Waals surface area contributed by atoms with Crippen LogP contribution in [0, 0.1) is 0 Å². The van der Waals surface area contributed by atoms with Crippen molar-refractivity contribution in [3.05, 3.63) is 87.7 Å². The fourth-order valence-electron chi connectivity index (χ4n) is 4.56. The van der Waals surface area contributed by atoms with E-state index >= 15 is 0 Å². The average Bonchev–Trinajstić information content (AvgIpc) is 3.69. The number of aliphatic hydroxyl groups excluding tert-OH is 3. The number of ether oxygens (including phenoxy) is 4. The smallest absolute Gasteiger partial charge is 0.338 e. The van der Waals surface area contributed by atoms with E-state index in [-0.39, 0.29) is 12.2 Å². The normalized spacial score (nSPS) is 22.3. The van der Waals surface area contributed by atoms with Crippen LogP contribution in [0.15, 0.2) is 65.4 Å². The molecule has 1 aliphatic heterocycles. The highest BCUT2D eigenvalue weighted by Gasteiger charge is 2.44. The fourth-order valence-corrected chi connectivity index (χ4v) is 5.66. The summed E-state index contributed by atoms with van der Waals surface area (Å²) in [5.74, 6) is 0.830. The van der Waals surface area contributed by atoms with Crippen molar-refractivity contribution in [2.45, 2.75) is 36.9 Å². The van der Waals surface area contributed by atoms with Crippen LogP contribution in [0.2, 0.25) is 5.02 Å². The van der Waals surface area contributed by atoms with E-state index in [1.54, 1.807) is 42.8 Å². The minimum Gasteiger partial charge on any atom is -0.493 e. The minimum absolute atomic E-state index is 0.199. The summed E-state index contributed by atoms with van der Waals surface area (Å²) in [6, 6.07) is 13.3. The van der Waals surface area contributed by atoms with Crippen molar-refractivity contribution in [1.29, 1.82) is 0 Å². The highest BCUT2D eigenvalue weighted by atomic mass is 35.5. The molecule has 5 atom stereocenters. The molecule has 0 amide bonds. The van der Waals surface area contributed by atoms with E-state index in [4.69, 9.17) is 35.0 Å². The molecule has 5 rings (SSSR count). The van der Waals surface area contributed by atoms with Crippen LogP contribution in [0.5, 0.6) is 11.5 Å². The number of hydrogen-bond donors (Lipinski definition) is 3. The van der Waals surface area contributed by atoms with Crippen molar-refractivity contribution in [2.24, 2.45) is 0 Å². The van der Waals surface area contributed by atoms with E-state index in [2.05, 4.69) is 4.98 Å². The molecule has 1 saturated heterocycles. The highest BCUT2D eigenvalue weighted by molar-refractivity contribution is 7.15. The lowest BCUT2D eigenvalue weighted by molar-refractivity contribution is -0.231. The Kier molecular flexibility index (Phi) is 8.93. The molecule has 0 aliphatic carbocycles. The lowest BCUT2D eigenvalue weighted by Crippen LogP contribution is -2.55. The monoisotopic (exact) mass is 601 g/mol. The fraction of sp³-hybridized carbons (Fsp3) is 0.310. The Balaban J connectivity index is 1.30. The summed E-state index contributed by atoms with van der Waals surface area (Å²) in [5.41, 5.74) is 1.46.